The molecule has 5 nitrogen and oxygen atoms in total. The summed E-state index contributed by atoms with van der Waals surface area (Å²) in [6.45, 7) is 4.22. The van der Waals surface area contributed by atoms with E-state index < -0.39 is 5.41 Å². The first-order valence-corrected chi connectivity index (χ1v) is 5.92. The molecule has 1 N–H and O–H groups in total. The number of anilines is 1. The van der Waals surface area contributed by atoms with Crippen molar-refractivity contribution in [3.8, 4) is 23.3 Å². The molecule has 0 aromatic heterocycles. The molecule has 5 heteroatoms. The first-order valence-electron chi connectivity index (χ1n) is 5.92. The van der Waals surface area contributed by atoms with E-state index in [9.17, 15) is 0 Å². The SMILES string of the molecule is COc1cc(OC)c(NCC(C)(C)C#N)c(OC)c1. The summed E-state index contributed by atoms with van der Waals surface area (Å²) in [6.07, 6.45) is 0. The Morgan fingerprint density at radius 3 is 2.00 bits per heavy atom. The molecule has 0 saturated carbocycles. The summed E-state index contributed by atoms with van der Waals surface area (Å²) in [5, 5.41) is 12.2. The molecule has 0 fully saturated rings. The van der Waals surface area contributed by atoms with Gasteiger partial charge in [0, 0.05) is 18.7 Å². The van der Waals surface area contributed by atoms with Crippen molar-refractivity contribution in [1.29, 1.82) is 5.26 Å². The van der Waals surface area contributed by atoms with Gasteiger partial charge < -0.3 is 19.5 Å². The number of nitrogens with one attached hydrogen (secondary N) is 1. The van der Waals surface area contributed by atoms with E-state index in [-0.39, 0.29) is 0 Å². The van der Waals surface area contributed by atoms with Crippen molar-refractivity contribution in [2.75, 3.05) is 33.2 Å². The molecule has 0 aliphatic rings. The molecule has 1 rings (SSSR count). The fraction of sp³-hybridized carbons (Fsp3) is 0.500. The van der Waals surface area contributed by atoms with Crippen LogP contribution in [0.4, 0.5) is 5.69 Å². The smallest absolute Gasteiger partial charge is 0.149 e. The van der Waals surface area contributed by atoms with Gasteiger partial charge in [-0.25, -0.2) is 0 Å². The van der Waals surface area contributed by atoms with Gasteiger partial charge in [0.25, 0.3) is 0 Å². The van der Waals surface area contributed by atoms with Gasteiger partial charge in [-0.2, -0.15) is 5.26 Å². The van der Waals surface area contributed by atoms with Crippen molar-refractivity contribution in [2.45, 2.75) is 13.8 Å². The summed E-state index contributed by atoms with van der Waals surface area (Å²) in [5.41, 5.74) is 0.241. The minimum atomic E-state index is -0.476. The first kappa shape index (κ1) is 15.0. The van der Waals surface area contributed by atoms with E-state index in [0.29, 0.717) is 29.5 Å². The zero-order chi connectivity index (χ0) is 14.5. The van der Waals surface area contributed by atoms with Crippen LogP contribution in [0.5, 0.6) is 17.2 Å². The third-order valence-electron chi connectivity index (χ3n) is 2.72. The highest BCUT2D eigenvalue weighted by atomic mass is 16.5. The molecule has 0 radical (unpaired) electrons. The van der Waals surface area contributed by atoms with Crippen molar-refractivity contribution < 1.29 is 14.2 Å². The average molecular weight is 264 g/mol. The Labute approximate surface area is 114 Å². The third kappa shape index (κ3) is 3.68. The van der Waals surface area contributed by atoms with Gasteiger partial charge in [-0.05, 0) is 13.8 Å². The molecule has 0 bridgehead atoms. The van der Waals surface area contributed by atoms with Crippen molar-refractivity contribution >= 4 is 5.69 Å². The Bertz CT molecular complexity index is 453. The van der Waals surface area contributed by atoms with Crippen molar-refractivity contribution in [2.24, 2.45) is 5.41 Å². The van der Waals surface area contributed by atoms with E-state index in [0.717, 1.165) is 0 Å². The van der Waals surface area contributed by atoms with E-state index in [2.05, 4.69) is 11.4 Å². The molecule has 0 aliphatic carbocycles. The number of benzene rings is 1. The minimum Gasteiger partial charge on any atom is -0.496 e. The maximum absolute atomic E-state index is 9.03. The predicted molar refractivity (Wildman–Crippen MR) is 74.0 cm³/mol. The van der Waals surface area contributed by atoms with Gasteiger partial charge in [0.1, 0.15) is 22.9 Å². The monoisotopic (exact) mass is 264 g/mol. The summed E-state index contributed by atoms with van der Waals surface area (Å²) in [6, 6.07) is 5.78. The maximum atomic E-state index is 9.03. The third-order valence-corrected chi connectivity index (χ3v) is 2.72. The lowest BCUT2D eigenvalue weighted by Gasteiger charge is -2.20. The fourth-order valence-electron chi connectivity index (χ4n) is 1.53. The Morgan fingerprint density at radius 2 is 1.63 bits per heavy atom. The van der Waals surface area contributed by atoms with Crippen LogP contribution in [0, 0.1) is 16.7 Å². The van der Waals surface area contributed by atoms with Crippen LogP contribution >= 0.6 is 0 Å². The quantitative estimate of drug-likeness (QED) is 0.855. The lowest BCUT2D eigenvalue weighted by molar-refractivity contribution is 0.377. The molecule has 0 aliphatic heterocycles. The molecule has 1 aromatic rings. The highest BCUT2D eigenvalue weighted by molar-refractivity contribution is 5.69. The molecule has 104 valence electrons. The van der Waals surface area contributed by atoms with Crippen LogP contribution in [0.1, 0.15) is 13.8 Å². The minimum absolute atomic E-state index is 0.476. The summed E-state index contributed by atoms with van der Waals surface area (Å²) in [7, 11) is 4.74. The summed E-state index contributed by atoms with van der Waals surface area (Å²) in [5.74, 6) is 1.88. The topological polar surface area (TPSA) is 63.5 Å². The number of methoxy groups -OCH3 is 3. The number of nitrogens with zero attached hydrogens (tertiary/aromatic N) is 1. The number of rotatable bonds is 6. The lowest BCUT2D eigenvalue weighted by Crippen LogP contribution is -2.21. The second kappa shape index (κ2) is 6.19. The van der Waals surface area contributed by atoms with E-state index in [1.54, 1.807) is 33.5 Å². The summed E-state index contributed by atoms with van der Waals surface area (Å²) in [4.78, 5) is 0. The summed E-state index contributed by atoms with van der Waals surface area (Å²) >= 11 is 0. The lowest BCUT2D eigenvalue weighted by atomic mass is 9.96. The van der Waals surface area contributed by atoms with E-state index in [1.165, 1.54) is 0 Å². The highest BCUT2D eigenvalue weighted by Gasteiger charge is 2.19. The van der Waals surface area contributed by atoms with Gasteiger partial charge in [-0.1, -0.05) is 0 Å². The van der Waals surface area contributed by atoms with Gasteiger partial charge in [0.15, 0.2) is 0 Å². The Balaban J connectivity index is 3.08. The van der Waals surface area contributed by atoms with Crippen LogP contribution < -0.4 is 19.5 Å². The normalized spacial score (nSPS) is 10.5. The van der Waals surface area contributed by atoms with Crippen molar-refractivity contribution in [3.63, 3.8) is 0 Å². The molecule has 0 atom stereocenters. The molecule has 19 heavy (non-hydrogen) atoms. The van der Waals surface area contributed by atoms with Crippen LogP contribution in [0.3, 0.4) is 0 Å². The highest BCUT2D eigenvalue weighted by Crippen LogP contribution is 2.39. The zero-order valence-electron chi connectivity index (χ0n) is 12.0. The van der Waals surface area contributed by atoms with Gasteiger partial charge >= 0.3 is 0 Å². The van der Waals surface area contributed by atoms with Gasteiger partial charge in [-0.3, -0.25) is 0 Å². The molecule has 0 saturated heterocycles. The van der Waals surface area contributed by atoms with Crippen LogP contribution in [0.15, 0.2) is 12.1 Å². The fourth-order valence-corrected chi connectivity index (χ4v) is 1.53. The Morgan fingerprint density at radius 1 is 1.11 bits per heavy atom. The number of ether oxygens (including phenoxy) is 3. The van der Waals surface area contributed by atoms with Crippen LogP contribution in [-0.2, 0) is 0 Å². The van der Waals surface area contributed by atoms with Crippen LogP contribution in [-0.4, -0.2) is 27.9 Å². The predicted octanol–water partition coefficient (Wildman–Crippen LogP) is 2.67. The molecular weight excluding hydrogens is 244 g/mol. The average Bonchev–Trinajstić information content (AvgIpc) is 2.44. The van der Waals surface area contributed by atoms with Gasteiger partial charge in [-0.15, -0.1) is 0 Å². The molecule has 0 heterocycles. The maximum Gasteiger partial charge on any atom is 0.149 e. The van der Waals surface area contributed by atoms with E-state index >= 15 is 0 Å². The molecule has 0 amide bonds. The van der Waals surface area contributed by atoms with E-state index in [1.807, 2.05) is 13.8 Å². The standard InChI is InChI=1S/C14H20N2O3/c1-14(2,8-15)9-16-13-11(18-4)6-10(17-3)7-12(13)19-5/h6-7,16H,9H2,1-5H3. The molecular formula is C14H20N2O3. The van der Waals surface area contributed by atoms with Crippen molar-refractivity contribution in [1.82, 2.24) is 0 Å². The zero-order valence-corrected chi connectivity index (χ0v) is 12.0. The van der Waals surface area contributed by atoms with Gasteiger partial charge in [0.2, 0.25) is 0 Å². The number of hydrogen-bond acceptors (Lipinski definition) is 5. The van der Waals surface area contributed by atoms with Gasteiger partial charge in [0.05, 0.1) is 32.8 Å². The molecule has 0 spiro atoms. The molecule has 1 aromatic carbocycles. The number of nitriles is 1. The Kier molecular flexibility index (Phi) is 4.87. The largest absolute Gasteiger partial charge is 0.496 e. The second-order valence-electron chi connectivity index (χ2n) is 4.76. The van der Waals surface area contributed by atoms with Crippen LogP contribution in [0.25, 0.3) is 0 Å². The Hall–Kier alpha value is -2.09. The second-order valence-corrected chi connectivity index (χ2v) is 4.76. The summed E-state index contributed by atoms with van der Waals surface area (Å²) < 4.78 is 15.8. The number of hydrogen-bond donors (Lipinski definition) is 1. The molecule has 0 unspecified atom stereocenters. The van der Waals surface area contributed by atoms with Crippen molar-refractivity contribution in [3.05, 3.63) is 12.1 Å². The van der Waals surface area contributed by atoms with E-state index in [4.69, 9.17) is 19.5 Å². The van der Waals surface area contributed by atoms with Crippen LogP contribution in [0.2, 0.25) is 0 Å². The first-order chi connectivity index (χ1) is 8.97.